The van der Waals surface area contributed by atoms with E-state index in [9.17, 15) is 4.79 Å². The fourth-order valence-corrected chi connectivity index (χ4v) is 1.05. The Balaban J connectivity index is 2.19. The maximum absolute atomic E-state index is 11.0. The maximum atomic E-state index is 11.0. The smallest absolute Gasteiger partial charge is 0.307 e. The van der Waals surface area contributed by atoms with Crippen molar-refractivity contribution in [2.75, 3.05) is 18.5 Å². The van der Waals surface area contributed by atoms with E-state index in [1.54, 1.807) is 6.92 Å². The highest BCUT2D eigenvalue weighted by atomic mass is 16.5. The van der Waals surface area contributed by atoms with Gasteiger partial charge in [-0.3, -0.25) is 4.79 Å². The molecule has 0 spiro atoms. The molecule has 0 atom stereocenters. The van der Waals surface area contributed by atoms with E-state index in [2.05, 4.69) is 11.4 Å². The zero-order valence-corrected chi connectivity index (χ0v) is 8.25. The molecule has 0 unspecified atom stereocenters. The van der Waals surface area contributed by atoms with Crippen molar-refractivity contribution >= 4 is 11.7 Å². The topological polar surface area (TPSA) is 38.3 Å². The summed E-state index contributed by atoms with van der Waals surface area (Å²) < 4.78 is 4.79. The van der Waals surface area contributed by atoms with Gasteiger partial charge in [0.1, 0.15) is 0 Å². The molecular weight excluding hydrogens is 178 g/mol. The van der Waals surface area contributed by atoms with Gasteiger partial charge >= 0.3 is 5.97 Å². The molecule has 0 amide bonds. The van der Waals surface area contributed by atoms with E-state index in [1.807, 2.05) is 24.3 Å². The Labute approximate surface area is 84.1 Å². The highest BCUT2D eigenvalue weighted by Gasteiger charge is 1.99. The summed E-state index contributed by atoms with van der Waals surface area (Å²) in [5.41, 5.74) is 0.994. The number of esters is 1. The van der Waals surface area contributed by atoms with Crippen LogP contribution in [0.1, 0.15) is 13.3 Å². The van der Waals surface area contributed by atoms with Crippen LogP contribution in [-0.2, 0) is 9.53 Å². The number of nitrogens with one attached hydrogen (secondary N) is 1. The Bertz CT molecular complexity index is 272. The van der Waals surface area contributed by atoms with E-state index in [-0.39, 0.29) is 5.97 Å². The van der Waals surface area contributed by atoms with Gasteiger partial charge in [-0.05, 0) is 25.1 Å². The Morgan fingerprint density at radius 1 is 1.50 bits per heavy atom. The third kappa shape index (κ3) is 3.94. The summed E-state index contributed by atoms with van der Waals surface area (Å²) >= 11 is 0. The first-order valence-corrected chi connectivity index (χ1v) is 4.68. The van der Waals surface area contributed by atoms with E-state index in [1.165, 1.54) is 0 Å². The van der Waals surface area contributed by atoms with Crippen LogP contribution in [0.2, 0.25) is 0 Å². The molecule has 1 radical (unpaired) electrons. The minimum atomic E-state index is -0.164. The Hall–Kier alpha value is -1.51. The summed E-state index contributed by atoms with van der Waals surface area (Å²) in [6, 6.07) is 10.4. The van der Waals surface area contributed by atoms with Gasteiger partial charge in [0.2, 0.25) is 0 Å². The zero-order valence-electron chi connectivity index (χ0n) is 8.25. The molecule has 1 N–H and O–H groups in total. The number of carbonyl (C=O) groups is 1. The van der Waals surface area contributed by atoms with Gasteiger partial charge in [0, 0.05) is 12.2 Å². The van der Waals surface area contributed by atoms with Crippen molar-refractivity contribution in [1.82, 2.24) is 0 Å². The molecule has 0 saturated heterocycles. The maximum Gasteiger partial charge on any atom is 0.307 e. The average Bonchev–Trinajstić information content (AvgIpc) is 2.20. The van der Waals surface area contributed by atoms with Crippen LogP contribution in [0.15, 0.2) is 24.3 Å². The number of anilines is 1. The highest BCUT2D eigenvalue weighted by Crippen LogP contribution is 2.04. The third-order valence-electron chi connectivity index (χ3n) is 1.68. The van der Waals surface area contributed by atoms with Crippen molar-refractivity contribution in [2.24, 2.45) is 0 Å². The van der Waals surface area contributed by atoms with Crippen molar-refractivity contribution in [1.29, 1.82) is 0 Å². The average molecular weight is 192 g/mol. The van der Waals surface area contributed by atoms with Gasteiger partial charge in [-0.2, -0.15) is 0 Å². The second-order valence-corrected chi connectivity index (χ2v) is 2.77. The zero-order chi connectivity index (χ0) is 10.2. The first kappa shape index (κ1) is 10.6. The van der Waals surface area contributed by atoms with Crippen molar-refractivity contribution in [3.63, 3.8) is 0 Å². The summed E-state index contributed by atoms with van der Waals surface area (Å²) in [6.45, 7) is 2.85. The van der Waals surface area contributed by atoms with Crippen molar-refractivity contribution in [2.45, 2.75) is 13.3 Å². The fraction of sp³-hybridized carbons (Fsp3) is 0.364. The molecule has 0 saturated carbocycles. The second-order valence-electron chi connectivity index (χ2n) is 2.77. The highest BCUT2D eigenvalue weighted by molar-refractivity contribution is 5.70. The number of ether oxygens (including phenoxy) is 1. The number of rotatable bonds is 5. The molecule has 0 aliphatic heterocycles. The van der Waals surface area contributed by atoms with Crippen molar-refractivity contribution < 1.29 is 9.53 Å². The van der Waals surface area contributed by atoms with Gasteiger partial charge in [-0.1, -0.05) is 12.1 Å². The number of benzene rings is 1. The van der Waals surface area contributed by atoms with E-state index in [0.717, 1.165) is 5.69 Å². The Morgan fingerprint density at radius 3 is 2.86 bits per heavy atom. The van der Waals surface area contributed by atoms with Crippen LogP contribution in [-0.4, -0.2) is 19.1 Å². The SMILES string of the molecule is CCOC(=O)CCNc1cc[c]cc1. The van der Waals surface area contributed by atoms with Crippen LogP contribution >= 0.6 is 0 Å². The first-order valence-electron chi connectivity index (χ1n) is 4.68. The molecule has 14 heavy (non-hydrogen) atoms. The molecule has 0 aliphatic carbocycles. The van der Waals surface area contributed by atoms with E-state index in [0.29, 0.717) is 19.6 Å². The molecule has 3 nitrogen and oxygen atoms in total. The second kappa shape index (κ2) is 6.02. The lowest BCUT2D eigenvalue weighted by Crippen LogP contribution is -2.11. The number of carbonyl (C=O) groups excluding carboxylic acids is 1. The lowest BCUT2D eigenvalue weighted by molar-refractivity contribution is -0.142. The van der Waals surface area contributed by atoms with Crippen LogP contribution in [0.3, 0.4) is 0 Å². The monoisotopic (exact) mass is 192 g/mol. The Morgan fingerprint density at radius 2 is 2.21 bits per heavy atom. The van der Waals surface area contributed by atoms with Gasteiger partial charge in [-0.15, -0.1) is 0 Å². The summed E-state index contributed by atoms with van der Waals surface area (Å²) in [6.07, 6.45) is 0.395. The molecule has 1 rings (SSSR count). The molecule has 3 heteroatoms. The lowest BCUT2D eigenvalue weighted by atomic mass is 10.3. The summed E-state index contributed by atoms with van der Waals surface area (Å²) in [5.74, 6) is -0.164. The third-order valence-corrected chi connectivity index (χ3v) is 1.68. The molecule has 1 aromatic carbocycles. The van der Waals surface area contributed by atoms with Crippen LogP contribution in [0, 0.1) is 6.07 Å². The molecule has 75 valence electrons. The summed E-state index contributed by atoms with van der Waals surface area (Å²) in [5, 5.41) is 3.11. The predicted molar refractivity (Wildman–Crippen MR) is 55.0 cm³/mol. The van der Waals surface area contributed by atoms with Crippen molar-refractivity contribution in [3.05, 3.63) is 30.3 Å². The Kier molecular flexibility index (Phi) is 4.55. The van der Waals surface area contributed by atoms with Crippen LogP contribution in [0.5, 0.6) is 0 Å². The van der Waals surface area contributed by atoms with Crippen molar-refractivity contribution in [3.8, 4) is 0 Å². The predicted octanol–water partition coefficient (Wildman–Crippen LogP) is 1.85. The molecule has 1 aromatic rings. The lowest BCUT2D eigenvalue weighted by Gasteiger charge is -2.05. The van der Waals surface area contributed by atoms with E-state index in [4.69, 9.17) is 4.74 Å². The summed E-state index contributed by atoms with van der Waals surface area (Å²) in [4.78, 5) is 11.0. The molecular formula is C11H14NO2. The molecule has 0 fully saturated rings. The molecule has 0 aromatic heterocycles. The number of hydrogen-bond donors (Lipinski definition) is 1. The minimum absolute atomic E-state index is 0.164. The molecule has 0 heterocycles. The first-order chi connectivity index (χ1) is 6.83. The van der Waals surface area contributed by atoms with Gasteiger partial charge in [0.25, 0.3) is 0 Å². The summed E-state index contributed by atoms with van der Waals surface area (Å²) in [7, 11) is 0. The van der Waals surface area contributed by atoms with Crippen LogP contribution in [0.4, 0.5) is 5.69 Å². The van der Waals surface area contributed by atoms with Gasteiger partial charge in [-0.25, -0.2) is 0 Å². The van der Waals surface area contributed by atoms with E-state index >= 15 is 0 Å². The van der Waals surface area contributed by atoms with Gasteiger partial charge < -0.3 is 10.1 Å². The fourth-order valence-electron chi connectivity index (χ4n) is 1.05. The van der Waals surface area contributed by atoms with E-state index < -0.39 is 0 Å². The van der Waals surface area contributed by atoms with Gasteiger partial charge in [0.05, 0.1) is 13.0 Å². The normalized spacial score (nSPS) is 9.50. The largest absolute Gasteiger partial charge is 0.466 e. The molecule has 0 bridgehead atoms. The van der Waals surface area contributed by atoms with Crippen LogP contribution < -0.4 is 5.32 Å². The number of hydrogen-bond acceptors (Lipinski definition) is 3. The minimum Gasteiger partial charge on any atom is -0.466 e. The standard InChI is InChI=1S/C11H14NO2/c1-2-14-11(13)8-9-12-10-6-4-3-5-7-10/h4-7,12H,2,8-9H2,1H3. The molecule has 0 aliphatic rings. The van der Waals surface area contributed by atoms with Gasteiger partial charge in [0.15, 0.2) is 0 Å². The quantitative estimate of drug-likeness (QED) is 0.723. The van der Waals surface area contributed by atoms with Crippen LogP contribution in [0.25, 0.3) is 0 Å².